The van der Waals surface area contributed by atoms with Crippen LogP contribution in [0.5, 0.6) is 0 Å². The minimum atomic E-state index is 0.178. The Hall–Kier alpha value is -1.79. The van der Waals surface area contributed by atoms with Crippen LogP contribution in [0.3, 0.4) is 0 Å². The van der Waals surface area contributed by atoms with E-state index in [4.69, 9.17) is 5.73 Å². The van der Waals surface area contributed by atoms with Crippen molar-refractivity contribution in [3.63, 3.8) is 0 Å². The normalized spacial score (nSPS) is 26.3. The van der Waals surface area contributed by atoms with Crippen LogP contribution in [0.15, 0.2) is 30.3 Å². The molecule has 2 aromatic rings. The molecular formula is C15H20N6. The van der Waals surface area contributed by atoms with E-state index in [0.717, 1.165) is 25.5 Å². The second-order valence-corrected chi connectivity index (χ2v) is 6.15. The number of benzene rings is 1. The van der Waals surface area contributed by atoms with Gasteiger partial charge in [-0.1, -0.05) is 30.3 Å². The first-order valence-electron chi connectivity index (χ1n) is 7.61. The number of rotatable bonds is 4. The average Bonchev–Trinajstić information content (AvgIpc) is 3.14. The van der Waals surface area contributed by atoms with E-state index in [-0.39, 0.29) is 6.04 Å². The van der Waals surface area contributed by atoms with Gasteiger partial charge in [0.1, 0.15) is 0 Å². The van der Waals surface area contributed by atoms with Crippen molar-refractivity contribution in [3.8, 4) is 0 Å². The van der Waals surface area contributed by atoms with E-state index in [2.05, 4.69) is 44.7 Å². The lowest BCUT2D eigenvalue weighted by Crippen LogP contribution is -2.29. The molecular weight excluding hydrogens is 264 g/mol. The molecule has 110 valence electrons. The number of hydrogen-bond donors (Lipinski definition) is 1. The summed E-state index contributed by atoms with van der Waals surface area (Å²) >= 11 is 0. The molecule has 1 aromatic carbocycles. The van der Waals surface area contributed by atoms with Gasteiger partial charge in [-0.3, -0.25) is 4.90 Å². The van der Waals surface area contributed by atoms with Gasteiger partial charge < -0.3 is 5.73 Å². The van der Waals surface area contributed by atoms with E-state index in [1.54, 1.807) is 0 Å². The molecule has 0 spiro atoms. The highest BCUT2D eigenvalue weighted by Crippen LogP contribution is 2.35. The second-order valence-electron chi connectivity index (χ2n) is 6.15. The Bertz CT molecular complexity index is 606. The number of tetrazole rings is 1. The summed E-state index contributed by atoms with van der Waals surface area (Å²) in [5, 5.41) is 12.1. The van der Waals surface area contributed by atoms with Crippen LogP contribution < -0.4 is 5.73 Å². The Morgan fingerprint density at radius 2 is 1.95 bits per heavy atom. The van der Waals surface area contributed by atoms with Crippen LogP contribution in [0.1, 0.15) is 36.2 Å². The maximum Gasteiger partial charge on any atom is 0.165 e. The summed E-state index contributed by atoms with van der Waals surface area (Å²) in [6, 6.07) is 11.3. The number of nitrogens with two attached hydrogens (primary N) is 1. The third-order valence-corrected chi connectivity index (χ3v) is 4.49. The molecule has 2 N–H and O–H groups in total. The van der Waals surface area contributed by atoms with Gasteiger partial charge in [0.25, 0.3) is 0 Å². The Kier molecular flexibility index (Phi) is 3.20. The molecule has 1 aliphatic heterocycles. The van der Waals surface area contributed by atoms with Gasteiger partial charge in [0.15, 0.2) is 5.82 Å². The van der Waals surface area contributed by atoms with Gasteiger partial charge in [-0.15, -0.1) is 5.10 Å². The van der Waals surface area contributed by atoms with Crippen LogP contribution in [0.4, 0.5) is 0 Å². The van der Waals surface area contributed by atoms with E-state index in [1.165, 1.54) is 18.4 Å². The van der Waals surface area contributed by atoms with Crippen molar-refractivity contribution in [2.24, 2.45) is 5.73 Å². The van der Waals surface area contributed by atoms with E-state index in [1.807, 2.05) is 10.7 Å². The molecule has 21 heavy (non-hydrogen) atoms. The molecule has 1 aliphatic carbocycles. The summed E-state index contributed by atoms with van der Waals surface area (Å²) < 4.78 is 1.99. The van der Waals surface area contributed by atoms with Gasteiger partial charge in [-0.2, -0.15) is 0 Å². The zero-order valence-corrected chi connectivity index (χ0v) is 12.0. The predicted molar refractivity (Wildman–Crippen MR) is 78.5 cm³/mol. The smallest absolute Gasteiger partial charge is 0.165 e. The molecule has 4 rings (SSSR count). The lowest BCUT2D eigenvalue weighted by molar-refractivity contribution is 0.306. The molecule has 0 bridgehead atoms. The zero-order valence-electron chi connectivity index (χ0n) is 12.0. The van der Waals surface area contributed by atoms with Crippen molar-refractivity contribution < 1.29 is 0 Å². The maximum absolute atomic E-state index is 6.34. The highest BCUT2D eigenvalue weighted by atomic mass is 15.6. The first-order chi connectivity index (χ1) is 10.3. The average molecular weight is 284 g/mol. The van der Waals surface area contributed by atoms with Crippen LogP contribution in [0.2, 0.25) is 0 Å². The van der Waals surface area contributed by atoms with Crippen LogP contribution in [0.25, 0.3) is 0 Å². The van der Waals surface area contributed by atoms with E-state index in [9.17, 15) is 0 Å². The molecule has 0 radical (unpaired) electrons. The summed E-state index contributed by atoms with van der Waals surface area (Å²) in [6.07, 6.45) is 2.40. The summed E-state index contributed by atoms with van der Waals surface area (Å²) in [6.45, 7) is 2.67. The minimum Gasteiger partial charge on any atom is -0.326 e. The van der Waals surface area contributed by atoms with E-state index >= 15 is 0 Å². The van der Waals surface area contributed by atoms with Gasteiger partial charge in [-0.05, 0) is 28.8 Å². The molecule has 1 aromatic heterocycles. The molecule has 1 saturated heterocycles. The maximum atomic E-state index is 6.34. The molecule has 2 fully saturated rings. The topological polar surface area (TPSA) is 72.9 Å². The number of hydrogen-bond acceptors (Lipinski definition) is 5. The van der Waals surface area contributed by atoms with Gasteiger partial charge in [0.2, 0.25) is 0 Å². The molecule has 2 atom stereocenters. The Balaban J connectivity index is 1.47. The minimum absolute atomic E-state index is 0.178. The summed E-state index contributed by atoms with van der Waals surface area (Å²) in [5.74, 6) is 1.37. The fourth-order valence-electron chi connectivity index (χ4n) is 3.21. The van der Waals surface area contributed by atoms with Gasteiger partial charge in [0, 0.05) is 25.0 Å². The molecule has 0 amide bonds. The fraction of sp³-hybridized carbons (Fsp3) is 0.533. The number of aromatic nitrogens is 4. The Labute approximate surface area is 123 Å². The standard InChI is InChI=1S/C15H20N6/c16-14-9-20(8-13(14)11-4-2-1-3-5-11)10-15-17-18-19-21(15)12-6-7-12/h1-5,12-14H,6-10,16H2/t13-,14+/m0/s1. The van der Waals surface area contributed by atoms with Gasteiger partial charge >= 0.3 is 0 Å². The molecule has 6 nitrogen and oxygen atoms in total. The Morgan fingerprint density at radius 1 is 1.14 bits per heavy atom. The fourth-order valence-corrected chi connectivity index (χ4v) is 3.21. The molecule has 2 aliphatic rings. The number of likely N-dealkylation sites (tertiary alicyclic amines) is 1. The van der Waals surface area contributed by atoms with Crippen LogP contribution in [-0.2, 0) is 6.54 Å². The molecule has 6 heteroatoms. The lowest BCUT2D eigenvalue weighted by Gasteiger charge is -2.15. The van der Waals surface area contributed by atoms with Gasteiger partial charge in [-0.25, -0.2) is 4.68 Å². The first-order valence-corrected chi connectivity index (χ1v) is 7.61. The van der Waals surface area contributed by atoms with Crippen molar-refractivity contribution in [2.45, 2.75) is 37.4 Å². The lowest BCUT2D eigenvalue weighted by atomic mass is 9.95. The van der Waals surface area contributed by atoms with Crippen molar-refractivity contribution in [1.82, 2.24) is 25.1 Å². The van der Waals surface area contributed by atoms with Gasteiger partial charge in [0.05, 0.1) is 12.6 Å². The highest BCUT2D eigenvalue weighted by Gasteiger charge is 2.33. The Morgan fingerprint density at radius 3 is 2.71 bits per heavy atom. The first kappa shape index (κ1) is 12.9. The third-order valence-electron chi connectivity index (χ3n) is 4.49. The predicted octanol–water partition coefficient (Wildman–Crippen LogP) is 0.935. The van der Waals surface area contributed by atoms with Crippen LogP contribution in [0, 0.1) is 0 Å². The zero-order chi connectivity index (χ0) is 14.2. The van der Waals surface area contributed by atoms with Crippen LogP contribution >= 0.6 is 0 Å². The summed E-state index contributed by atoms with van der Waals surface area (Å²) in [4.78, 5) is 2.37. The van der Waals surface area contributed by atoms with Crippen LogP contribution in [-0.4, -0.2) is 44.2 Å². The number of nitrogens with zero attached hydrogens (tertiary/aromatic N) is 5. The highest BCUT2D eigenvalue weighted by molar-refractivity contribution is 5.23. The largest absolute Gasteiger partial charge is 0.326 e. The SMILES string of the molecule is N[C@@H]1CN(Cc2nnnn2C2CC2)C[C@H]1c1ccccc1. The summed E-state index contributed by atoms with van der Waals surface area (Å²) in [5.41, 5.74) is 7.67. The molecule has 1 saturated carbocycles. The van der Waals surface area contributed by atoms with Crippen molar-refractivity contribution in [1.29, 1.82) is 0 Å². The second kappa shape index (κ2) is 5.20. The monoisotopic (exact) mass is 284 g/mol. The van der Waals surface area contributed by atoms with Crippen molar-refractivity contribution >= 4 is 0 Å². The van der Waals surface area contributed by atoms with E-state index in [0.29, 0.717) is 12.0 Å². The quantitative estimate of drug-likeness (QED) is 0.904. The molecule has 2 heterocycles. The van der Waals surface area contributed by atoms with Crippen molar-refractivity contribution in [2.75, 3.05) is 13.1 Å². The summed E-state index contributed by atoms with van der Waals surface area (Å²) in [7, 11) is 0. The third kappa shape index (κ3) is 2.56. The van der Waals surface area contributed by atoms with Crippen molar-refractivity contribution in [3.05, 3.63) is 41.7 Å². The molecule has 0 unspecified atom stereocenters. The van der Waals surface area contributed by atoms with E-state index < -0.39 is 0 Å².